The number of allylic oxidation sites excluding steroid dienone is 2. The molecule has 4 rings (SSSR count). The molecule has 0 spiro atoms. The van der Waals surface area contributed by atoms with Gasteiger partial charge >= 0.3 is 0 Å². The van der Waals surface area contributed by atoms with Crippen LogP contribution in [0, 0.1) is 0 Å². The molecule has 0 unspecified atom stereocenters. The van der Waals surface area contributed by atoms with E-state index in [1.807, 2.05) is 19.4 Å². The van der Waals surface area contributed by atoms with Crippen LogP contribution in [0.15, 0.2) is 47.9 Å². The van der Waals surface area contributed by atoms with Crippen molar-refractivity contribution in [2.75, 3.05) is 7.05 Å². The molecule has 0 amide bonds. The second-order valence-corrected chi connectivity index (χ2v) is 5.91. The Kier molecular flexibility index (Phi) is 3.37. The monoisotopic (exact) mass is 304 g/mol. The van der Waals surface area contributed by atoms with Gasteiger partial charge in [-0.3, -0.25) is 10.1 Å². The average molecular weight is 304 g/mol. The molecule has 4 nitrogen and oxygen atoms in total. The quantitative estimate of drug-likeness (QED) is 0.734. The highest BCUT2D eigenvalue weighted by atomic mass is 15.1. The standard InChI is InChI=1S/C19H20N4/c1-3-15(14-10-21-22-11-14)18(20-2)17-12-23-9-5-7-13-6-4-8-16(17)19(13)23/h3-4,6,8,10-12H,5,7,9H2,1-2H3,(H,21,22)/b15-3-,20-18?. The molecule has 0 bridgehead atoms. The minimum atomic E-state index is 1.02. The Bertz CT molecular complexity index is 910. The van der Waals surface area contributed by atoms with Gasteiger partial charge in [0.1, 0.15) is 0 Å². The molecule has 1 aliphatic rings. The molecule has 0 saturated carbocycles. The first-order chi connectivity index (χ1) is 11.3. The maximum atomic E-state index is 4.63. The fourth-order valence-electron chi connectivity index (χ4n) is 3.67. The van der Waals surface area contributed by atoms with Crippen molar-refractivity contribution >= 4 is 22.2 Å². The number of nitrogens with one attached hydrogen (secondary N) is 1. The summed E-state index contributed by atoms with van der Waals surface area (Å²) in [6.45, 7) is 3.14. The molecular formula is C19H20N4. The normalized spacial score (nSPS) is 15.4. The predicted octanol–water partition coefficient (Wildman–Crippen LogP) is 3.83. The van der Waals surface area contributed by atoms with Gasteiger partial charge in [0.25, 0.3) is 0 Å². The van der Waals surface area contributed by atoms with E-state index in [0.29, 0.717) is 0 Å². The van der Waals surface area contributed by atoms with E-state index in [4.69, 9.17) is 0 Å². The number of para-hydroxylation sites is 1. The maximum Gasteiger partial charge on any atom is 0.0740 e. The Morgan fingerprint density at radius 1 is 1.39 bits per heavy atom. The topological polar surface area (TPSA) is 46.0 Å². The number of rotatable bonds is 3. The Labute approximate surface area is 135 Å². The lowest BCUT2D eigenvalue weighted by Crippen LogP contribution is -2.06. The minimum Gasteiger partial charge on any atom is -0.347 e. The van der Waals surface area contributed by atoms with Crippen LogP contribution in [-0.4, -0.2) is 27.5 Å². The van der Waals surface area contributed by atoms with E-state index in [9.17, 15) is 0 Å². The highest BCUT2D eigenvalue weighted by Gasteiger charge is 2.20. The van der Waals surface area contributed by atoms with E-state index >= 15 is 0 Å². The van der Waals surface area contributed by atoms with Gasteiger partial charge in [-0.15, -0.1) is 0 Å². The van der Waals surface area contributed by atoms with Gasteiger partial charge < -0.3 is 4.57 Å². The zero-order chi connectivity index (χ0) is 15.8. The van der Waals surface area contributed by atoms with E-state index in [1.54, 1.807) is 0 Å². The number of hydrogen-bond acceptors (Lipinski definition) is 2. The van der Waals surface area contributed by atoms with Crippen LogP contribution in [0.2, 0.25) is 0 Å². The van der Waals surface area contributed by atoms with Crippen molar-refractivity contribution < 1.29 is 0 Å². The Balaban J connectivity index is 1.93. The summed E-state index contributed by atoms with van der Waals surface area (Å²) in [6.07, 6.45) is 10.5. The number of benzene rings is 1. The number of nitrogens with zero attached hydrogens (tertiary/aromatic N) is 3. The van der Waals surface area contributed by atoms with E-state index in [1.165, 1.54) is 28.5 Å². The first kappa shape index (κ1) is 14.0. The van der Waals surface area contributed by atoms with Crippen LogP contribution in [0.4, 0.5) is 0 Å². The molecule has 0 aliphatic carbocycles. The van der Waals surface area contributed by atoms with Gasteiger partial charge in [0.15, 0.2) is 0 Å². The summed E-state index contributed by atoms with van der Waals surface area (Å²) in [6, 6.07) is 6.62. The second-order valence-electron chi connectivity index (χ2n) is 5.91. The Morgan fingerprint density at radius 3 is 3.04 bits per heavy atom. The molecule has 0 saturated heterocycles. The first-order valence-electron chi connectivity index (χ1n) is 8.07. The van der Waals surface area contributed by atoms with Crippen molar-refractivity contribution in [1.29, 1.82) is 0 Å². The summed E-state index contributed by atoms with van der Waals surface area (Å²) in [5.41, 5.74) is 7.24. The van der Waals surface area contributed by atoms with Gasteiger partial charge in [0, 0.05) is 48.1 Å². The smallest absolute Gasteiger partial charge is 0.0740 e. The lowest BCUT2D eigenvalue weighted by Gasteiger charge is -2.14. The SMILES string of the molecule is C/C=C(\C(=NC)c1cn2c3c(cccc13)CCC2)c1cn[nH]c1. The molecule has 3 aromatic rings. The largest absolute Gasteiger partial charge is 0.347 e. The van der Waals surface area contributed by atoms with E-state index in [2.05, 4.69) is 57.2 Å². The maximum absolute atomic E-state index is 4.63. The molecule has 3 heterocycles. The molecule has 1 aliphatic heterocycles. The highest BCUT2D eigenvalue weighted by molar-refractivity contribution is 6.35. The van der Waals surface area contributed by atoms with Crippen molar-refractivity contribution in [2.24, 2.45) is 4.99 Å². The van der Waals surface area contributed by atoms with E-state index in [0.717, 1.165) is 29.8 Å². The number of aromatic amines is 1. The van der Waals surface area contributed by atoms with Gasteiger partial charge in [0.05, 0.1) is 17.4 Å². The number of hydrogen-bond donors (Lipinski definition) is 1. The number of aryl methyl sites for hydroxylation is 2. The summed E-state index contributed by atoms with van der Waals surface area (Å²) in [4.78, 5) is 4.63. The predicted molar refractivity (Wildman–Crippen MR) is 95.0 cm³/mol. The third-order valence-electron chi connectivity index (χ3n) is 4.66. The zero-order valence-electron chi connectivity index (χ0n) is 13.5. The summed E-state index contributed by atoms with van der Waals surface area (Å²) < 4.78 is 2.39. The van der Waals surface area contributed by atoms with Crippen LogP contribution in [0.5, 0.6) is 0 Å². The molecule has 1 aromatic carbocycles. The summed E-state index contributed by atoms with van der Waals surface area (Å²) in [7, 11) is 1.87. The lowest BCUT2D eigenvalue weighted by atomic mass is 9.96. The van der Waals surface area contributed by atoms with E-state index in [-0.39, 0.29) is 0 Å². The minimum absolute atomic E-state index is 1.02. The van der Waals surface area contributed by atoms with Crippen LogP contribution in [-0.2, 0) is 13.0 Å². The summed E-state index contributed by atoms with van der Waals surface area (Å²) in [5.74, 6) is 0. The van der Waals surface area contributed by atoms with Crippen LogP contribution in [0.25, 0.3) is 16.5 Å². The molecule has 0 radical (unpaired) electrons. The molecular weight excluding hydrogens is 284 g/mol. The summed E-state index contributed by atoms with van der Waals surface area (Å²) in [5, 5.41) is 8.28. The summed E-state index contributed by atoms with van der Waals surface area (Å²) >= 11 is 0. The van der Waals surface area contributed by atoms with Crippen molar-refractivity contribution in [3.63, 3.8) is 0 Å². The van der Waals surface area contributed by atoms with Gasteiger partial charge in [-0.25, -0.2) is 0 Å². The molecule has 23 heavy (non-hydrogen) atoms. The first-order valence-corrected chi connectivity index (χ1v) is 8.07. The third kappa shape index (κ3) is 2.13. The third-order valence-corrected chi connectivity index (χ3v) is 4.66. The van der Waals surface area contributed by atoms with Crippen molar-refractivity contribution in [1.82, 2.24) is 14.8 Å². The lowest BCUT2D eigenvalue weighted by molar-refractivity contribution is 0.636. The molecule has 2 aromatic heterocycles. The van der Waals surface area contributed by atoms with Gasteiger partial charge in [-0.1, -0.05) is 24.3 Å². The second kappa shape index (κ2) is 5.54. The fourth-order valence-corrected chi connectivity index (χ4v) is 3.67. The average Bonchev–Trinajstić information content (AvgIpc) is 3.23. The number of aliphatic imine (C=N–C) groups is 1. The van der Waals surface area contributed by atoms with Gasteiger partial charge in [-0.05, 0) is 25.3 Å². The molecule has 0 atom stereocenters. The van der Waals surface area contributed by atoms with E-state index < -0.39 is 0 Å². The molecule has 0 fully saturated rings. The van der Waals surface area contributed by atoms with Crippen molar-refractivity contribution in [3.05, 3.63) is 59.6 Å². The van der Waals surface area contributed by atoms with Gasteiger partial charge in [-0.2, -0.15) is 5.10 Å². The van der Waals surface area contributed by atoms with Crippen molar-refractivity contribution in [3.8, 4) is 0 Å². The molecule has 4 heteroatoms. The van der Waals surface area contributed by atoms with Crippen molar-refractivity contribution in [2.45, 2.75) is 26.3 Å². The Hall–Kier alpha value is -2.62. The fraction of sp³-hybridized carbons (Fsp3) is 0.263. The number of aromatic nitrogens is 3. The van der Waals surface area contributed by atoms with Crippen LogP contribution >= 0.6 is 0 Å². The molecule has 1 N–H and O–H groups in total. The van der Waals surface area contributed by atoms with Gasteiger partial charge in [0.2, 0.25) is 0 Å². The van der Waals surface area contributed by atoms with Crippen LogP contribution in [0.1, 0.15) is 30.0 Å². The van der Waals surface area contributed by atoms with Crippen LogP contribution in [0.3, 0.4) is 0 Å². The Morgan fingerprint density at radius 2 is 2.30 bits per heavy atom. The van der Waals surface area contributed by atoms with Crippen LogP contribution < -0.4 is 0 Å². The molecule has 116 valence electrons. The highest BCUT2D eigenvalue weighted by Crippen LogP contribution is 2.32. The number of H-pyrrole nitrogens is 1. The zero-order valence-corrected chi connectivity index (χ0v) is 13.5.